The van der Waals surface area contributed by atoms with E-state index in [4.69, 9.17) is 4.42 Å². The van der Waals surface area contributed by atoms with Crippen molar-refractivity contribution in [1.82, 2.24) is 15.3 Å². The summed E-state index contributed by atoms with van der Waals surface area (Å²) in [5.74, 6) is 1.18. The normalized spacial score (nSPS) is 14.3. The third-order valence-electron chi connectivity index (χ3n) is 3.05. The molecule has 0 bridgehead atoms. The quantitative estimate of drug-likeness (QED) is 0.859. The van der Waals surface area contributed by atoms with Gasteiger partial charge in [-0.25, -0.2) is 9.97 Å². The molecule has 0 atom stereocenters. The molecule has 0 saturated carbocycles. The van der Waals surface area contributed by atoms with Crippen LogP contribution in [0.5, 0.6) is 0 Å². The highest BCUT2D eigenvalue weighted by Crippen LogP contribution is 2.26. The molecule has 0 amide bonds. The lowest BCUT2D eigenvalue weighted by atomic mass is 10.0. The van der Waals surface area contributed by atoms with Gasteiger partial charge in [-0.1, -0.05) is 13.8 Å². The Morgan fingerprint density at radius 2 is 2.18 bits per heavy atom. The van der Waals surface area contributed by atoms with E-state index in [1.54, 1.807) is 12.5 Å². The van der Waals surface area contributed by atoms with Gasteiger partial charge in [-0.05, 0) is 12.0 Å². The maximum absolute atomic E-state index is 5.09. The Bertz CT molecular complexity index is 532. The van der Waals surface area contributed by atoms with Crippen molar-refractivity contribution < 1.29 is 4.42 Å². The van der Waals surface area contributed by atoms with E-state index in [0.29, 0.717) is 5.92 Å². The molecule has 17 heavy (non-hydrogen) atoms. The SMILES string of the molecule is CC(C)c1nc(-c2ccoc2)nc2c1CNC2. The highest BCUT2D eigenvalue weighted by atomic mass is 16.3. The molecular formula is C13H15N3O. The summed E-state index contributed by atoms with van der Waals surface area (Å²) in [5.41, 5.74) is 4.49. The zero-order valence-corrected chi connectivity index (χ0v) is 10.0. The Hall–Kier alpha value is -1.68. The molecule has 0 spiro atoms. The molecule has 0 aromatic carbocycles. The van der Waals surface area contributed by atoms with Gasteiger partial charge < -0.3 is 9.73 Å². The molecule has 3 rings (SSSR count). The van der Waals surface area contributed by atoms with Gasteiger partial charge in [-0.2, -0.15) is 0 Å². The zero-order valence-electron chi connectivity index (χ0n) is 10.0. The topological polar surface area (TPSA) is 51.0 Å². The van der Waals surface area contributed by atoms with Crippen molar-refractivity contribution in [1.29, 1.82) is 0 Å². The van der Waals surface area contributed by atoms with Gasteiger partial charge in [0.1, 0.15) is 6.26 Å². The van der Waals surface area contributed by atoms with Gasteiger partial charge in [0.25, 0.3) is 0 Å². The predicted octanol–water partition coefficient (Wildman–Crippen LogP) is 2.46. The lowest BCUT2D eigenvalue weighted by molar-refractivity contribution is 0.568. The lowest BCUT2D eigenvalue weighted by Gasteiger charge is -2.11. The Balaban J connectivity index is 2.16. The van der Waals surface area contributed by atoms with Crippen molar-refractivity contribution in [2.24, 2.45) is 0 Å². The summed E-state index contributed by atoms with van der Waals surface area (Å²) in [6.07, 6.45) is 3.34. The van der Waals surface area contributed by atoms with Gasteiger partial charge in [0, 0.05) is 18.7 Å². The van der Waals surface area contributed by atoms with Crippen molar-refractivity contribution in [3.63, 3.8) is 0 Å². The zero-order chi connectivity index (χ0) is 11.8. The summed E-state index contributed by atoms with van der Waals surface area (Å²) in [5, 5.41) is 3.33. The van der Waals surface area contributed by atoms with Crippen LogP contribution in [0.4, 0.5) is 0 Å². The first-order valence-corrected chi connectivity index (χ1v) is 5.88. The third kappa shape index (κ3) is 1.74. The fraction of sp³-hybridized carbons (Fsp3) is 0.385. The summed E-state index contributed by atoms with van der Waals surface area (Å²) in [6, 6.07) is 1.90. The van der Waals surface area contributed by atoms with Crippen molar-refractivity contribution in [2.75, 3.05) is 0 Å². The summed E-state index contributed by atoms with van der Waals surface area (Å²) in [4.78, 5) is 9.28. The molecule has 0 aliphatic carbocycles. The van der Waals surface area contributed by atoms with E-state index < -0.39 is 0 Å². The fourth-order valence-corrected chi connectivity index (χ4v) is 2.19. The van der Waals surface area contributed by atoms with Crippen LogP contribution in [0.3, 0.4) is 0 Å². The smallest absolute Gasteiger partial charge is 0.162 e. The second-order valence-electron chi connectivity index (χ2n) is 4.63. The van der Waals surface area contributed by atoms with Crippen LogP contribution < -0.4 is 5.32 Å². The molecule has 4 nitrogen and oxygen atoms in total. The van der Waals surface area contributed by atoms with Crippen molar-refractivity contribution in [3.05, 3.63) is 35.5 Å². The summed E-state index contributed by atoms with van der Waals surface area (Å²) < 4.78 is 5.09. The highest BCUT2D eigenvalue weighted by Gasteiger charge is 2.21. The van der Waals surface area contributed by atoms with Crippen molar-refractivity contribution >= 4 is 0 Å². The predicted molar refractivity (Wildman–Crippen MR) is 64.4 cm³/mol. The monoisotopic (exact) mass is 229 g/mol. The first kappa shape index (κ1) is 10.5. The number of fused-ring (bicyclic) bond motifs is 1. The number of nitrogens with one attached hydrogen (secondary N) is 1. The molecular weight excluding hydrogens is 214 g/mol. The maximum Gasteiger partial charge on any atom is 0.162 e. The highest BCUT2D eigenvalue weighted by molar-refractivity contribution is 5.54. The van der Waals surface area contributed by atoms with Gasteiger partial charge in [0.2, 0.25) is 0 Å². The van der Waals surface area contributed by atoms with Crippen LogP contribution in [0.1, 0.15) is 36.7 Å². The second kappa shape index (κ2) is 3.96. The molecule has 1 aliphatic rings. The van der Waals surface area contributed by atoms with E-state index in [2.05, 4.69) is 29.1 Å². The van der Waals surface area contributed by atoms with Crippen LogP contribution in [0.15, 0.2) is 23.0 Å². The summed E-state index contributed by atoms with van der Waals surface area (Å²) in [7, 11) is 0. The van der Waals surface area contributed by atoms with Crippen LogP contribution in [0.25, 0.3) is 11.4 Å². The van der Waals surface area contributed by atoms with Gasteiger partial charge in [-0.15, -0.1) is 0 Å². The second-order valence-corrected chi connectivity index (χ2v) is 4.63. The van der Waals surface area contributed by atoms with Crippen molar-refractivity contribution in [3.8, 4) is 11.4 Å². The molecule has 2 aromatic rings. The number of nitrogens with zero attached hydrogens (tertiary/aromatic N) is 2. The van der Waals surface area contributed by atoms with Gasteiger partial charge in [0.05, 0.1) is 23.2 Å². The molecule has 1 N–H and O–H groups in total. The van der Waals surface area contributed by atoms with Gasteiger partial charge >= 0.3 is 0 Å². The van der Waals surface area contributed by atoms with Gasteiger partial charge in [-0.3, -0.25) is 0 Å². The summed E-state index contributed by atoms with van der Waals surface area (Å²) >= 11 is 0. The van der Waals surface area contributed by atoms with Gasteiger partial charge in [0.15, 0.2) is 5.82 Å². The minimum atomic E-state index is 0.414. The minimum absolute atomic E-state index is 0.414. The molecule has 0 radical (unpaired) electrons. The number of hydrogen-bond donors (Lipinski definition) is 1. The Morgan fingerprint density at radius 3 is 2.88 bits per heavy atom. The minimum Gasteiger partial charge on any atom is -0.472 e. The first-order valence-electron chi connectivity index (χ1n) is 5.88. The summed E-state index contributed by atoms with van der Waals surface area (Å²) in [6.45, 7) is 6.05. The Morgan fingerprint density at radius 1 is 1.29 bits per heavy atom. The molecule has 88 valence electrons. The van der Waals surface area contributed by atoms with Crippen LogP contribution in [-0.2, 0) is 13.1 Å². The fourth-order valence-electron chi connectivity index (χ4n) is 2.19. The lowest BCUT2D eigenvalue weighted by Crippen LogP contribution is -2.05. The van der Waals surface area contributed by atoms with E-state index in [9.17, 15) is 0 Å². The molecule has 4 heteroatoms. The molecule has 0 saturated heterocycles. The number of aromatic nitrogens is 2. The van der Waals surface area contributed by atoms with Crippen LogP contribution in [-0.4, -0.2) is 9.97 Å². The van der Waals surface area contributed by atoms with Crippen LogP contribution in [0, 0.1) is 0 Å². The molecule has 0 fully saturated rings. The number of rotatable bonds is 2. The van der Waals surface area contributed by atoms with E-state index in [1.807, 2.05) is 6.07 Å². The third-order valence-corrected chi connectivity index (χ3v) is 3.05. The molecule has 3 heterocycles. The molecule has 2 aromatic heterocycles. The van der Waals surface area contributed by atoms with Crippen molar-refractivity contribution in [2.45, 2.75) is 32.9 Å². The number of hydrogen-bond acceptors (Lipinski definition) is 4. The molecule has 1 aliphatic heterocycles. The van der Waals surface area contributed by atoms with E-state index >= 15 is 0 Å². The number of furan rings is 1. The maximum atomic E-state index is 5.09. The van der Waals surface area contributed by atoms with E-state index in [1.165, 1.54) is 5.56 Å². The first-order chi connectivity index (χ1) is 8.25. The van der Waals surface area contributed by atoms with Crippen LogP contribution >= 0.6 is 0 Å². The van der Waals surface area contributed by atoms with Crippen LogP contribution in [0.2, 0.25) is 0 Å². The molecule has 0 unspecified atom stereocenters. The van der Waals surface area contributed by atoms with E-state index in [0.717, 1.165) is 35.9 Å². The largest absolute Gasteiger partial charge is 0.472 e. The standard InChI is InChI=1S/C13H15N3O/c1-8(2)12-10-5-14-6-11(10)15-13(16-12)9-3-4-17-7-9/h3-4,7-8,14H,5-6H2,1-2H3. The Kier molecular flexibility index (Phi) is 2.44. The average Bonchev–Trinajstić information content (AvgIpc) is 2.98. The Labute approximate surface area is 100 Å². The average molecular weight is 229 g/mol. The van der Waals surface area contributed by atoms with E-state index in [-0.39, 0.29) is 0 Å².